The van der Waals surface area contributed by atoms with Crippen LogP contribution in [-0.4, -0.2) is 52.8 Å². The maximum atomic E-state index is 13.4. The van der Waals surface area contributed by atoms with Gasteiger partial charge in [-0.15, -0.1) is 0 Å². The van der Waals surface area contributed by atoms with Crippen LogP contribution in [0.25, 0.3) is 5.76 Å². The summed E-state index contributed by atoms with van der Waals surface area (Å²) in [7, 11) is 0. The van der Waals surface area contributed by atoms with Crippen LogP contribution >= 0.6 is 0 Å². The first-order chi connectivity index (χ1) is 18.9. The summed E-state index contributed by atoms with van der Waals surface area (Å²) in [6, 6.07) is 22.6. The molecule has 4 rings (SSSR count). The van der Waals surface area contributed by atoms with Crippen molar-refractivity contribution >= 4 is 17.4 Å². The van der Waals surface area contributed by atoms with Gasteiger partial charge >= 0.3 is 0 Å². The molecule has 0 radical (unpaired) electrons. The zero-order valence-electron chi connectivity index (χ0n) is 23.3. The lowest BCUT2D eigenvalue weighted by atomic mass is 9.93. The van der Waals surface area contributed by atoms with Crippen molar-refractivity contribution in [2.24, 2.45) is 0 Å². The van der Waals surface area contributed by atoms with Crippen molar-refractivity contribution in [3.8, 4) is 5.75 Å². The number of nitrogens with zero attached hydrogens (tertiary/aromatic N) is 2. The number of likely N-dealkylation sites (N-methyl/N-ethyl adjacent to an activating group) is 1. The summed E-state index contributed by atoms with van der Waals surface area (Å²) in [5.74, 6) is -0.719. The molecule has 1 heterocycles. The number of hydrogen-bond donors (Lipinski definition) is 1. The van der Waals surface area contributed by atoms with Gasteiger partial charge in [0.1, 0.15) is 18.1 Å². The second kappa shape index (κ2) is 12.8. The fourth-order valence-corrected chi connectivity index (χ4v) is 5.06. The molecule has 6 heteroatoms. The van der Waals surface area contributed by atoms with Crippen molar-refractivity contribution in [2.75, 3.05) is 26.2 Å². The van der Waals surface area contributed by atoms with Gasteiger partial charge in [-0.2, -0.15) is 0 Å². The van der Waals surface area contributed by atoms with Crippen molar-refractivity contribution in [3.63, 3.8) is 0 Å². The van der Waals surface area contributed by atoms with Gasteiger partial charge in [0.2, 0.25) is 0 Å². The van der Waals surface area contributed by atoms with Crippen molar-refractivity contribution in [3.05, 3.63) is 106 Å². The van der Waals surface area contributed by atoms with Gasteiger partial charge in [-0.1, -0.05) is 75.4 Å². The Morgan fingerprint density at radius 2 is 1.62 bits per heavy atom. The molecule has 0 unspecified atom stereocenters. The maximum Gasteiger partial charge on any atom is 0.295 e. The number of aryl methyl sites for hydroxylation is 2. The number of aliphatic hydroxyl groups is 1. The van der Waals surface area contributed by atoms with E-state index >= 15 is 0 Å². The van der Waals surface area contributed by atoms with Crippen LogP contribution in [0.1, 0.15) is 54.6 Å². The van der Waals surface area contributed by atoms with Crippen LogP contribution in [0.2, 0.25) is 0 Å². The van der Waals surface area contributed by atoms with E-state index in [0.29, 0.717) is 31.0 Å². The fraction of sp³-hybridized carbons (Fsp3) is 0.333. The van der Waals surface area contributed by atoms with E-state index in [1.807, 2.05) is 67.6 Å². The van der Waals surface area contributed by atoms with Crippen LogP contribution in [0.15, 0.2) is 78.4 Å². The van der Waals surface area contributed by atoms with E-state index in [-0.39, 0.29) is 11.3 Å². The molecule has 1 aliphatic rings. The van der Waals surface area contributed by atoms with Crippen molar-refractivity contribution in [1.82, 2.24) is 9.80 Å². The van der Waals surface area contributed by atoms with E-state index < -0.39 is 17.7 Å². The summed E-state index contributed by atoms with van der Waals surface area (Å²) >= 11 is 0. The first-order valence-electron chi connectivity index (χ1n) is 13.7. The van der Waals surface area contributed by atoms with Crippen molar-refractivity contribution in [2.45, 2.75) is 46.8 Å². The van der Waals surface area contributed by atoms with Gasteiger partial charge in [0.25, 0.3) is 11.7 Å². The number of carbonyl (C=O) groups is 2. The third-order valence-electron chi connectivity index (χ3n) is 7.50. The SMILES string of the molecule is CCc1ccc([C@@H]2C(=C(O)c3ccc(OCc4ccccc4)cc3C)C(=O)C(=O)N2CCN(CC)CC)cc1. The smallest absolute Gasteiger partial charge is 0.295 e. The van der Waals surface area contributed by atoms with Crippen molar-refractivity contribution in [1.29, 1.82) is 0 Å². The number of likely N-dealkylation sites (tertiary alicyclic amines) is 1. The molecule has 1 atom stereocenters. The zero-order chi connectivity index (χ0) is 27.9. The summed E-state index contributed by atoms with van der Waals surface area (Å²) in [6.07, 6.45) is 0.889. The zero-order valence-corrected chi connectivity index (χ0v) is 23.3. The normalized spacial score (nSPS) is 16.7. The number of amides is 1. The highest BCUT2D eigenvalue weighted by molar-refractivity contribution is 6.46. The van der Waals surface area contributed by atoms with Gasteiger partial charge in [-0.05, 0) is 66.9 Å². The molecule has 0 spiro atoms. The van der Waals surface area contributed by atoms with Crippen LogP contribution in [0.5, 0.6) is 5.75 Å². The molecule has 3 aromatic carbocycles. The monoisotopic (exact) mass is 526 g/mol. The standard InChI is InChI=1S/C33H38N2O4/c1-5-24-13-15-26(16-14-24)30-29(32(37)33(38)35(30)20-19-34(6-2)7-3)31(36)28-18-17-27(21-23(28)4)39-22-25-11-9-8-10-12-25/h8-18,21,30,36H,5-7,19-20,22H2,1-4H3/t30-/m1/s1. The Kier molecular flexibility index (Phi) is 9.20. The number of benzene rings is 3. The topological polar surface area (TPSA) is 70.1 Å². The van der Waals surface area contributed by atoms with E-state index in [1.165, 1.54) is 5.56 Å². The molecule has 1 amide bonds. The highest BCUT2D eigenvalue weighted by atomic mass is 16.5. The Balaban J connectivity index is 1.69. The molecule has 6 nitrogen and oxygen atoms in total. The Labute approximate surface area is 231 Å². The molecule has 1 aliphatic heterocycles. The summed E-state index contributed by atoms with van der Waals surface area (Å²) in [5.41, 5.74) is 4.44. The number of ketones is 1. The molecule has 39 heavy (non-hydrogen) atoms. The van der Waals surface area contributed by atoms with Gasteiger partial charge < -0.3 is 19.6 Å². The summed E-state index contributed by atoms with van der Waals surface area (Å²) in [4.78, 5) is 30.5. The largest absolute Gasteiger partial charge is 0.507 e. The van der Waals surface area contributed by atoms with Crippen LogP contribution in [0, 0.1) is 6.92 Å². The number of Topliss-reactive ketones (excluding diaryl/α,β-unsaturated/α-hetero) is 1. The lowest BCUT2D eigenvalue weighted by Gasteiger charge is -2.28. The van der Waals surface area contributed by atoms with Gasteiger partial charge in [0.15, 0.2) is 0 Å². The molecule has 204 valence electrons. The third-order valence-corrected chi connectivity index (χ3v) is 7.50. The molecule has 0 saturated carbocycles. The van der Waals surface area contributed by atoms with E-state index in [0.717, 1.165) is 36.2 Å². The summed E-state index contributed by atoms with van der Waals surface area (Å²) in [5, 5.41) is 11.5. The molecule has 1 N–H and O–H groups in total. The molecule has 1 saturated heterocycles. The van der Waals surface area contributed by atoms with E-state index in [2.05, 4.69) is 25.7 Å². The molecule has 0 bridgehead atoms. The van der Waals surface area contributed by atoms with Crippen molar-refractivity contribution < 1.29 is 19.4 Å². The predicted octanol–water partition coefficient (Wildman–Crippen LogP) is 5.90. The third kappa shape index (κ3) is 6.23. The molecular formula is C33H38N2O4. The lowest BCUT2D eigenvalue weighted by Crippen LogP contribution is -2.38. The minimum absolute atomic E-state index is 0.129. The fourth-order valence-electron chi connectivity index (χ4n) is 5.06. The minimum Gasteiger partial charge on any atom is -0.507 e. The van der Waals surface area contributed by atoms with Crippen LogP contribution < -0.4 is 4.74 Å². The molecule has 0 aromatic heterocycles. The average molecular weight is 527 g/mol. The molecule has 1 fully saturated rings. The number of carbonyl (C=O) groups excluding carboxylic acids is 2. The number of hydrogen-bond acceptors (Lipinski definition) is 5. The summed E-state index contributed by atoms with van der Waals surface area (Å²) in [6.45, 7) is 11.3. The highest BCUT2D eigenvalue weighted by Gasteiger charge is 2.46. The Morgan fingerprint density at radius 1 is 0.923 bits per heavy atom. The van der Waals surface area contributed by atoms with Gasteiger partial charge in [0, 0.05) is 18.7 Å². The first-order valence-corrected chi connectivity index (χ1v) is 13.7. The minimum atomic E-state index is -0.653. The molecule has 3 aromatic rings. The Morgan fingerprint density at radius 3 is 2.23 bits per heavy atom. The van der Waals surface area contributed by atoms with Crippen LogP contribution in [0.4, 0.5) is 0 Å². The Bertz CT molecular complexity index is 1330. The number of ether oxygens (including phenoxy) is 1. The summed E-state index contributed by atoms with van der Waals surface area (Å²) < 4.78 is 5.94. The highest BCUT2D eigenvalue weighted by Crippen LogP contribution is 2.40. The second-order valence-corrected chi connectivity index (χ2v) is 9.87. The predicted molar refractivity (Wildman–Crippen MR) is 155 cm³/mol. The van der Waals surface area contributed by atoms with Gasteiger partial charge in [-0.25, -0.2) is 0 Å². The quantitative estimate of drug-likeness (QED) is 0.191. The van der Waals surface area contributed by atoms with E-state index in [9.17, 15) is 14.7 Å². The van der Waals surface area contributed by atoms with Gasteiger partial charge in [-0.3, -0.25) is 9.59 Å². The van der Waals surface area contributed by atoms with E-state index in [1.54, 1.807) is 17.0 Å². The van der Waals surface area contributed by atoms with Crippen LogP contribution in [-0.2, 0) is 22.6 Å². The lowest BCUT2D eigenvalue weighted by molar-refractivity contribution is -0.140. The molecule has 0 aliphatic carbocycles. The second-order valence-electron chi connectivity index (χ2n) is 9.87. The maximum absolute atomic E-state index is 13.4. The molecular weight excluding hydrogens is 488 g/mol. The first kappa shape index (κ1) is 28.1. The van der Waals surface area contributed by atoms with Crippen LogP contribution in [0.3, 0.4) is 0 Å². The number of rotatable bonds is 11. The Hall–Kier alpha value is -3.90. The van der Waals surface area contributed by atoms with Gasteiger partial charge in [0.05, 0.1) is 11.6 Å². The number of aliphatic hydroxyl groups excluding tert-OH is 1. The van der Waals surface area contributed by atoms with E-state index in [4.69, 9.17) is 4.74 Å². The average Bonchev–Trinajstić information content (AvgIpc) is 3.22.